The van der Waals surface area contributed by atoms with Crippen molar-refractivity contribution in [3.63, 3.8) is 0 Å². The highest BCUT2D eigenvalue weighted by molar-refractivity contribution is 6.27. The summed E-state index contributed by atoms with van der Waals surface area (Å²) < 4.78 is 5.86. The molecule has 0 heterocycles. The number of halogens is 1. The molecule has 1 amide bonds. The zero-order chi connectivity index (χ0) is 12.1. The molecule has 2 rings (SSSR count). The maximum atomic E-state index is 11.1. The molecule has 0 spiro atoms. The summed E-state index contributed by atoms with van der Waals surface area (Å²) in [5.74, 6) is 0.697. The monoisotopic (exact) mass is 253 g/mol. The van der Waals surface area contributed by atoms with Crippen LogP contribution in [0.4, 0.5) is 0 Å². The lowest BCUT2D eigenvalue weighted by molar-refractivity contribution is -0.118. The van der Waals surface area contributed by atoms with Gasteiger partial charge in [0.1, 0.15) is 11.6 Å². The van der Waals surface area contributed by atoms with Gasteiger partial charge in [0.2, 0.25) is 5.91 Å². The molecule has 1 aliphatic carbocycles. The Balaban J connectivity index is 1.96. The smallest absolute Gasteiger partial charge is 0.235 e. The van der Waals surface area contributed by atoms with Gasteiger partial charge in [-0.05, 0) is 25.3 Å². The molecule has 92 valence electrons. The molecule has 0 atom stereocenters. The van der Waals surface area contributed by atoms with Gasteiger partial charge >= 0.3 is 0 Å². The van der Waals surface area contributed by atoms with Crippen LogP contribution in [-0.4, -0.2) is 17.9 Å². The molecule has 1 aromatic rings. The molecular weight excluding hydrogens is 238 g/mol. The van der Waals surface area contributed by atoms with Crippen LogP contribution in [0.3, 0.4) is 0 Å². The van der Waals surface area contributed by atoms with Crippen molar-refractivity contribution in [2.75, 3.05) is 5.88 Å². The zero-order valence-electron chi connectivity index (χ0n) is 9.62. The Morgan fingerprint density at radius 2 is 2.18 bits per heavy atom. The number of rotatable bonds is 5. The van der Waals surface area contributed by atoms with Crippen molar-refractivity contribution in [1.29, 1.82) is 0 Å². The number of carbonyl (C=O) groups is 1. The summed E-state index contributed by atoms with van der Waals surface area (Å²) in [6.07, 6.45) is 3.85. The SMILES string of the molecule is O=C(CCl)NCc1ccccc1OC1CCC1. The minimum atomic E-state index is -0.162. The molecule has 0 unspecified atom stereocenters. The quantitative estimate of drug-likeness (QED) is 0.819. The maximum Gasteiger partial charge on any atom is 0.235 e. The topological polar surface area (TPSA) is 38.3 Å². The minimum absolute atomic E-state index is 0.00828. The van der Waals surface area contributed by atoms with Crippen LogP contribution < -0.4 is 10.1 Å². The second-order valence-electron chi connectivity index (χ2n) is 4.19. The number of hydrogen-bond donors (Lipinski definition) is 1. The van der Waals surface area contributed by atoms with Gasteiger partial charge in [-0.2, -0.15) is 0 Å². The van der Waals surface area contributed by atoms with Crippen LogP contribution >= 0.6 is 11.6 Å². The van der Waals surface area contributed by atoms with Crippen LogP contribution in [0.1, 0.15) is 24.8 Å². The van der Waals surface area contributed by atoms with Crippen molar-refractivity contribution in [2.24, 2.45) is 0 Å². The number of benzene rings is 1. The van der Waals surface area contributed by atoms with Gasteiger partial charge < -0.3 is 10.1 Å². The molecule has 1 aliphatic rings. The first-order valence-corrected chi connectivity index (χ1v) is 6.40. The summed E-state index contributed by atoms with van der Waals surface area (Å²) in [4.78, 5) is 11.1. The molecule has 0 bridgehead atoms. The van der Waals surface area contributed by atoms with Crippen LogP contribution in [0.15, 0.2) is 24.3 Å². The molecule has 0 aromatic heterocycles. The summed E-state index contributed by atoms with van der Waals surface area (Å²) in [7, 11) is 0. The number of para-hydroxylation sites is 1. The Bertz CT molecular complexity index is 391. The maximum absolute atomic E-state index is 11.1. The Labute approximate surface area is 106 Å². The third kappa shape index (κ3) is 3.37. The lowest BCUT2D eigenvalue weighted by Crippen LogP contribution is -2.27. The summed E-state index contributed by atoms with van der Waals surface area (Å²) in [5, 5.41) is 2.75. The van der Waals surface area contributed by atoms with E-state index in [1.807, 2.05) is 24.3 Å². The molecule has 17 heavy (non-hydrogen) atoms. The molecule has 0 aliphatic heterocycles. The lowest BCUT2D eigenvalue weighted by Gasteiger charge is -2.27. The fraction of sp³-hybridized carbons (Fsp3) is 0.462. The molecule has 0 radical (unpaired) electrons. The molecule has 3 nitrogen and oxygen atoms in total. The molecule has 1 N–H and O–H groups in total. The zero-order valence-corrected chi connectivity index (χ0v) is 10.4. The van der Waals surface area contributed by atoms with Gasteiger partial charge in [-0.3, -0.25) is 4.79 Å². The van der Waals surface area contributed by atoms with E-state index in [1.54, 1.807) is 0 Å². The summed E-state index contributed by atoms with van der Waals surface area (Å²) >= 11 is 5.43. The summed E-state index contributed by atoms with van der Waals surface area (Å²) in [5.41, 5.74) is 0.998. The van der Waals surface area contributed by atoms with Gasteiger partial charge in [0.05, 0.1) is 6.10 Å². The Kier molecular flexibility index (Phi) is 4.26. The first-order chi connectivity index (χ1) is 8.29. The summed E-state index contributed by atoms with van der Waals surface area (Å²) in [6, 6.07) is 7.79. The van der Waals surface area contributed by atoms with Crippen molar-refractivity contribution < 1.29 is 9.53 Å². The first-order valence-electron chi connectivity index (χ1n) is 5.87. The van der Waals surface area contributed by atoms with E-state index in [4.69, 9.17) is 16.3 Å². The van der Waals surface area contributed by atoms with E-state index < -0.39 is 0 Å². The molecule has 4 heteroatoms. The van der Waals surface area contributed by atoms with Crippen LogP contribution in [0, 0.1) is 0 Å². The largest absolute Gasteiger partial charge is 0.490 e. The van der Waals surface area contributed by atoms with E-state index in [-0.39, 0.29) is 11.8 Å². The average Bonchev–Trinajstić information content (AvgIpc) is 2.32. The third-order valence-electron chi connectivity index (χ3n) is 2.92. The Morgan fingerprint density at radius 1 is 1.41 bits per heavy atom. The van der Waals surface area contributed by atoms with Gasteiger partial charge in [0, 0.05) is 12.1 Å². The van der Waals surface area contributed by atoms with Crippen LogP contribution in [0.5, 0.6) is 5.75 Å². The number of nitrogens with one attached hydrogen (secondary N) is 1. The van der Waals surface area contributed by atoms with E-state index in [1.165, 1.54) is 6.42 Å². The number of hydrogen-bond acceptors (Lipinski definition) is 2. The molecule has 1 saturated carbocycles. The molecular formula is C13H16ClNO2. The fourth-order valence-corrected chi connectivity index (χ4v) is 1.77. The number of ether oxygens (including phenoxy) is 1. The van der Waals surface area contributed by atoms with E-state index >= 15 is 0 Å². The highest BCUT2D eigenvalue weighted by Gasteiger charge is 2.20. The van der Waals surface area contributed by atoms with Crippen LogP contribution in [0.2, 0.25) is 0 Å². The Morgan fingerprint density at radius 3 is 2.82 bits per heavy atom. The number of alkyl halides is 1. The fourth-order valence-electron chi connectivity index (χ4n) is 1.67. The van der Waals surface area contributed by atoms with Crippen molar-refractivity contribution in [2.45, 2.75) is 31.9 Å². The Hall–Kier alpha value is -1.22. The van der Waals surface area contributed by atoms with Crippen LogP contribution in [0.25, 0.3) is 0 Å². The van der Waals surface area contributed by atoms with Crippen LogP contribution in [-0.2, 0) is 11.3 Å². The number of carbonyl (C=O) groups excluding carboxylic acids is 1. The van der Waals surface area contributed by atoms with Crippen molar-refractivity contribution in [1.82, 2.24) is 5.32 Å². The van der Waals surface area contributed by atoms with Gasteiger partial charge in [-0.25, -0.2) is 0 Å². The van der Waals surface area contributed by atoms with Gasteiger partial charge in [0.25, 0.3) is 0 Å². The summed E-state index contributed by atoms with van der Waals surface area (Å²) in [6.45, 7) is 0.467. The molecule has 1 aromatic carbocycles. The van der Waals surface area contributed by atoms with E-state index in [0.29, 0.717) is 12.6 Å². The minimum Gasteiger partial charge on any atom is -0.490 e. The van der Waals surface area contributed by atoms with Crippen molar-refractivity contribution in [3.8, 4) is 5.75 Å². The van der Waals surface area contributed by atoms with E-state index in [9.17, 15) is 4.79 Å². The predicted octanol–water partition coefficient (Wildman–Crippen LogP) is 2.47. The van der Waals surface area contributed by atoms with Gasteiger partial charge in [-0.1, -0.05) is 18.2 Å². The van der Waals surface area contributed by atoms with Crippen molar-refractivity contribution in [3.05, 3.63) is 29.8 Å². The lowest BCUT2D eigenvalue weighted by atomic mass is 9.96. The molecule has 0 saturated heterocycles. The highest BCUT2D eigenvalue weighted by Crippen LogP contribution is 2.27. The molecule has 1 fully saturated rings. The second kappa shape index (κ2) is 5.92. The van der Waals surface area contributed by atoms with E-state index in [2.05, 4.69) is 5.32 Å². The second-order valence-corrected chi connectivity index (χ2v) is 4.46. The van der Waals surface area contributed by atoms with Crippen molar-refractivity contribution >= 4 is 17.5 Å². The first kappa shape index (κ1) is 12.2. The third-order valence-corrected chi connectivity index (χ3v) is 3.16. The van der Waals surface area contributed by atoms with Gasteiger partial charge in [-0.15, -0.1) is 11.6 Å². The average molecular weight is 254 g/mol. The number of amides is 1. The standard InChI is InChI=1S/C13H16ClNO2/c14-8-13(16)15-9-10-4-1-2-7-12(10)17-11-5-3-6-11/h1-2,4,7,11H,3,5-6,8-9H2,(H,15,16). The normalized spacial score (nSPS) is 15.1. The van der Waals surface area contributed by atoms with E-state index in [0.717, 1.165) is 24.2 Å². The highest BCUT2D eigenvalue weighted by atomic mass is 35.5. The van der Waals surface area contributed by atoms with Gasteiger partial charge in [0.15, 0.2) is 0 Å². The predicted molar refractivity (Wildman–Crippen MR) is 67.3 cm³/mol.